The summed E-state index contributed by atoms with van der Waals surface area (Å²) in [5, 5.41) is 9.44. The number of carbonyl (C=O) groups excluding carboxylic acids is 1. The summed E-state index contributed by atoms with van der Waals surface area (Å²) >= 11 is 0. The van der Waals surface area contributed by atoms with Crippen molar-refractivity contribution in [2.75, 3.05) is 19.6 Å². The van der Waals surface area contributed by atoms with Crippen LogP contribution in [0.4, 0.5) is 0 Å². The molecule has 6 heteroatoms. The van der Waals surface area contributed by atoms with Gasteiger partial charge in [0.2, 0.25) is 5.91 Å². The summed E-state index contributed by atoms with van der Waals surface area (Å²) in [4.78, 5) is 16.3. The van der Waals surface area contributed by atoms with E-state index in [1.54, 1.807) is 0 Å². The fourth-order valence-corrected chi connectivity index (χ4v) is 2.45. The van der Waals surface area contributed by atoms with Gasteiger partial charge in [-0.15, -0.1) is 24.0 Å². The van der Waals surface area contributed by atoms with E-state index in [4.69, 9.17) is 0 Å². The van der Waals surface area contributed by atoms with E-state index in [9.17, 15) is 4.79 Å². The Morgan fingerprint density at radius 2 is 1.88 bits per heavy atom. The molecular weight excluding hydrogens is 415 g/mol. The van der Waals surface area contributed by atoms with E-state index in [1.165, 1.54) is 5.56 Å². The molecule has 2 rings (SSSR count). The maximum atomic E-state index is 11.9. The third-order valence-corrected chi connectivity index (χ3v) is 3.65. The van der Waals surface area contributed by atoms with Crippen molar-refractivity contribution in [1.29, 1.82) is 0 Å². The van der Waals surface area contributed by atoms with Gasteiger partial charge < -0.3 is 16.0 Å². The number of rotatable bonds is 7. The van der Waals surface area contributed by atoms with Crippen molar-refractivity contribution < 1.29 is 4.79 Å². The van der Waals surface area contributed by atoms with Gasteiger partial charge in [-0.25, -0.2) is 4.99 Å². The van der Waals surface area contributed by atoms with E-state index >= 15 is 0 Å². The van der Waals surface area contributed by atoms with Gasteiger partial charge in [-0.3, -0.25) is 4.79 Å². The molecule has 0 unspecified atom stereocenters. The van der Waals surface area contributed by atoms with Crippen molar-refractivity contribution in [2.45, 2.75) is 32.2 Å². The van der Waals surface area contributed by atoms with E-state index in [1.807, 2.05) is 25.1 Å². The molecule has 0 bridgehead atoms. The Bertz CT molecular complexity index is 537. The zero-order valence-electron chi connectivity index (χ0n) is 14.1. The Morgan fingerprint density at radius 3 is 2.54 bits per heavy atom. The highest BCUT2D eigenvalue weighted by Crippen LogP contribution is 2.08. The number of hydrogen-bond donors (Lipinski definition) is 3. The van der Waals surface area contributed by atoms with E-state index in [2.05, 4.69) is 45.2 Å². The standard InChI is InChI=1S/C18H26N4O.HI/c1-2-19-18(22-16-10-6-7-11-16)21-14-17(23)20-13-12-15-8-4-3-5-9-15;/h3-9,16H,2,10-14H2,1H3,(H,20,23)(H2,19,21,22);1H. The molecule has 0 atom stereocenters. The van der Waals surface area contributed by atoms with Crippen LogP contribution in [0.3, 0.4) is 0 Å². The van der Waals surface area contributed by atoms with Crippen molar-refractivity contribution in [2.24, 2.45) is 4.99 Å². The quantitative estimate of drug-likeness (QED) is 0.263. The number of nitrogens with zero attached hydrogens (tertiary/aromatic N) is 1. The number of halogens is 1. The predicted octanol–water partition coefficient (Wildman–Crippen LogP) is 2.24. The Morgan fingerprint density at radius 1 is 1.17 bits per heavy atom. The molecule has 0 heterocycles. The van der Waals surface area contributed by atoms with Gasteiger partial charge in [0.1, 0.15) is 6.54 Å². The van der Waals surface area contributed by atoms with Crippen LogP contribution in [0, 0.1) is 0 Å². The van der Waals surface area contributed by atoms with E-state index in [0.717, 1.165) is 25.8 Å². The fraction of sp³-hybridized carbons (Fsp3) is 0.444. The molecule has 1 aliphatic rings. The van der Waals surface area contributed by atoms with E-state index in [0.29, 0.717) is 18.5 Å². The molecule has 24 heavy (non-hydrogen) atoms. The van der Waals surface area contributed by atoms with Gasteiger partial charge in [0.15, 0.2) is 5.96 Å². The first kappa shape index (κ1) is 20.5. The summed E-state index contributed by atoms with van der Waals surface area (Å²) in [6, 6.07) is 10.5. The lowest BCUT2D eigenvalue weighted by atomic mass is 10.1. The maximum Gasteiger partial charge on any atom is 0.241 e. The Kier molecular flexibility index (Phi) is 10.1. The molecule has 0 aromatic heterocycles. The van der Waals surface area contributed by atoms with E-state index < -0.39 is 0 Å². The first-order chi connectivity index (χ1) is 11.3. The molecule has 1 amide bonds. The molecule has 0 radical (unpaired) electrons. The minimum Gasteiger partial charge on any atom is -0.357 e. The molecule has 1 aromatic carbocycles. The van der Waals surface area contributed by atoms with Crippen molar-refractivity contribution in [3.63, 3.8) is 0 Å². The zero-order valence-corrected chi connectivity index (χ0v) is 16.5. The van der Waals surface area contributed by atoms with Crippen LogP contribution in [0.2, 0.25) is 0 Å². The summed E-state index contributed by atoms with van der Waals surface area (Å²) in [7, 11) is 0. The van der Waals surface area contributed by atoms with Gasteiger partial charge in [-0.2, -0.15) is 0 Å². The number of amides is 1. The number of carbonyl (C=O) groups is 1. The second-order valence-corrected chi connectivity index (χ2v) is 5.56. The minimum absolute atomic E-state index is 0. The largest absolute Gasteiger partial charge is 0.357 e. The monoisotopic (exact) mass is 442 g/mol. The second-order valence-electron chi connectivity index (χ2n) is 5.56. The molecule has 1 aliphatic carbocycles. The zero-order chi connectivity index (χ0) is 16.3. The first-order valence-electron chi connectivity index (χ1n) is 8.28. The van der Waals surface area contributed by atoms with Gasteiger partial charge in [-0.1, -0.05) is 42.5 Å². The number of aliphatic imine (C=N–C) groups is 1. The second kappa shape index (κ2) is 11.9. The highest BCUT2D eigenvalue weighted by Gasteiger charge is 2.11. The average molecular weight is 442 g/mol. The molecule has 1 aromatic rings. The number of benzene rings is 1. The lowest BCUT2D eigenvalue weighted by Crippen LogP contribution is -2.43. The minimum atomic E-state index is -0.0531. The smallest absolute Gasteiger partial charge is 0.241 e. The van der Waals surface area contributed by atoms with Crippen LogP contribution in [0.5, 0.6) is 0 Å². The van der Waals surface area contributed by atoms with E-state index in [-0.39, 0.29) is 36.4 Å². The molecule has 0 aliphatic heterocycles. The molecule has 5 nitrogen and oxygen atoms in total. The lowest BCUT2D eigenvalue weighted by molar-refractivity contribution is -0.119. The molecule has 3 N–H and O–H groups in total. The van der Waals surface area contributed by atoms with Gasteiger partial charge in [0.25, 0.3) is 0 Å². The summed E-state index contributed by atoms with van der Waals surface area (Å²) in [6.45, 7) is 3.57. The van der Waals surface area contributed by atoms with Gasteiger partial charge in [0, 0.05) is 19.1 Å². The van der Waals surface area contributed by atoms with Gasteiger partial charge in [-0.05, 0) is 31.7 Å². The van der Waals surface area contributed by atoms with Crippen molar-refractivity contribution >= 4 is 35.8 Å². The summed E-state index contributed by atoms with van der Waals surface area (Å²) in [6.07, 6.45) is 7.18. The highest BCUT2D eigenvalue weighted by molar-refractivity contribution is 14.0. The van der Waals surface area contributed by atoms with Crippen LogP contribution < -0.4 is 16.0 Å². The highest BCUT2D eigenvalue weighted by atomic mass is 127. The van der Waals surface area contributed by atoms with Gasteiger partial charge in [0.05, 0.1) is 0 Å². The molecule has 0 saturated heterocycles. The molecule has 0 fully saturated rings. The van der Waals surface area contributed by atoms with Crippen LogP contribution >= 0.6 is 24.0 Å². The Hall–Kier alpha value is -1.57. The van der Waals surface area contributed by atoms with Gasteiger partial charge >= 0.3 is 0 Å². The Balaban J connectivity index is 0.00000288. The summed E-state index contributed by atoms with van der Waals surface area (Å²) in [5.41, 5.74) is 1.22. The van der Waals surface area contributed by atoms with Crippen LogP contribution in [-0.2, 0) is 11.2 Å². The number of nitrogens with one attached hydrogen (secondary N) is 3. The van der Waals surface area contributed by atoms with Crippen LogP contribution in [-0.4, -0.2) is 37.5 Å². The third kappa shape index (κ3) is 7.81. The SMILES string of the molecule is CCNC(=NCC(=O)NCCc1ccccc1)NC1CC=CC1.I. The normalized spacial score (nSPS) is 14.1. The maximum absolute atomic E-state index is 11.9. The van der Waals surface area contributed by atoms with Crippen LogP contribution in [0.1, 0.15) is 25.3 Å². The topological polar surface area (TPSA) is 65.5 Å². The first-order valence-corrected chi connectivity index (χ1v) is 8.28. The summed E-state index contributed by atoms with van der Waals surface area (Å²) < 4.78 is 0. The summed E-state index contributed by atoms with van der Waals surface area (Å²) in [5.74, 6) is 0.655. The molecular formula is C18H27IN4O. The molecule has 132 valence electrons. The number of guanidine groups is 1. The Labute approximate surface area is 161 Å². The van der Waals surface area contributed by atoms with Crippen molar-refractivity contribution in [3.05, 3.63) is 48.0 Å². The lowest BCUT2D eigenvalue weighted by Gasteiger charge is -2.16. The number of hydrogen-bond acceptors (Lipinski definition) is 2. The average Bonchev–Trinajstić information content (AvgIpc) is 3.07. The molecule has 0 spiro atoms. The fourth-order valence-electron chi connectivity index (χ4n) is 2.45. The van der Waals surface area contributed by atoms with Crippen LogP contribution in [0.15, 0.2) is 47.5 Å². The molecule has 0 saturated carbocycles. The third-order valence-electron chi connectivity index (χ3n) is 3.65. The van der Waals surface area contributed by atoms with Crippen molar-refractivity contribution in [3.8, 4) is 0 Å². The van der Waals surface area contributed by atoms with Crippen LogP contribution in [0.25, 0.3) is 0 Å². The predicted molar refractivity (Wildman–Crippen MR) is 110 cm³/mol. The van der Waals surface area contributed by atoms with Crippen molar-refractivity contribution in [1.82, 2.24) is 16.0 Å².